The van der Waals surface area contributed by atoms with Crippen LogP contribution in [-0.2, 0) is 4.79 Å². The summed E-state index contributed by atoms with van der Waals surface area (Å²) in [6.07, 6.45) is -0.571. The lowest BCUT2D eigenvalue weighted by atomic mass is 10.0. The molecule has 0 radical (unpaired) electrons. The molecule has 1 aromatic carbocycles. The highest BCUT2D eigenvalue weighted by molar-refractivity contribution is 5.76. The van der Waals surface area contributed by atoms with Crippen molar-refractivity contribution in [3.63, 3.8) is 0 Å². The number of rotatable bonds is 3. The van der Waals surface area contributed by atoms with Crippen LogP contribution in [0.25, 0.3) is 0 Å². The second-order valence-electron chi connectivity index (χ2n) is 3.86. The van der Waals surface area contributed by atoms with Crippen molar-refractivity contribution in [2.75, 3.05) is 14.1 Å². The predicted octanol–water partition coefficient (Wildman–Crippen LogP) is 1.51. The fourth-order valence-corrected chi connectivity index (χ4v) is 1.42. The number of amides is 1. The van der Waals surface area contributed by atoms with Crippen LogP contribution in [0.4, 0.5) is 0 Å². The van der Waals surface area contributed by atoms with Gasteiger partial charge in [0.05, 0.1) is 12.5 Å². The summed E-state index contributed by atoms with van der Waals surface area (Å²) in [5.41, 5.74) is 1.84. The molecular formula is C12H17NO2. The van der Waals surface area contributed by atoms with Gasteiger partial charge in [-0.25, -0.2) is 0 Å². The number of hydrogen-bond donors (Lipinski definition) is 1. The molecular weight excluding hydrogens is 190 g/mol. The van der Waals surface area contributed by atoms with Gasteiger partial charge in [-0.15, -0.1) is 0 Å². The summed E-state index contributed by atoms with van der Waals surface area (Å²) in [6, 6.07) is 7.56. The molecule has 0 fully saturated rings. The topological polar surface area (TPSA) is 40.5 Å². The highest BCUT2D eigenvalue weighted by atomic mass is 16.3. The number of carbonyl (C=O) groups is 1. The Labute approximate surface area is 90.3 Å². The molecule has 1 amide bonds. The molecule has 82 valence electrons. The molecule has 1 unspecified atom stereocenters. The Balaban J connectivity index is 2.73. The molecule has 1 aromatic rings. The third-order valence-electron chi connectivity index (χ3n) is 2.41. The summed E-state index contributed by atoms with van der Waals surface area (Å²) in [7, 11) is 3.37. The molecule has 0 bridgehead atoms. The summed E-state index contributed by atoms with van der Waals surface area (Å²) >= 11 is 0. The van der Waals surface area contributed by atoms with Gasteiger partial charge in [-0.05, 0) is 18.1 Å². The van der Waals surface area contributed by atoms with E-state index in [4.69, 9.17) is 0 Å². The first-order valence-electron chi connectivity index (χ1n) is 4.96. The molecule has 0 saturated carbocycles. The number of aryl methyl sites for hydroxylation is 1. The van der Waals surface area contributed by atoms with Gasteiger partial charge in [0.1, 0.15) is 0 Å². The summed E-state index contributed by atoms with van der Waals surface area (Å²) in [4.78, 5) is 12.9. The van der Waals surface area contributed by atoms with Gasteiger partial charge in [-0.3, -0.25) is 4.79 Å². The van der Waals surface area contributed by atoms with Gasteiger partial charge in [-0.1, -0.05) is 24.3 Å². The SMILES string of the molecule is Cc1ccccc1C(O)CC(=O)N(C)C. The highest BCUT2D eigenvalue weighted by Gasteiger charge is 2.15. The Morgan fingerprint density at radius 1 is 1.40 bits per heavy atom. The van der Waals surface area contributed by atoms with Crippen LogP contribution >= 0.6 is 0 Å². The van der Waals surface area contributed by atoms with Gasteiger partial charge in [0.15, 0.2) is 0 Å². The number of benzene rings is 1. The smallest absolute Gasteiger partial charge is 0.225 e. The number of carbonyl (C=O) groups excluding carboxylic acids is 1. The third-order valence-corrected chi connectivity index (χ3v) is 2.41. The zero-order chi connectivity index (χ0) is 11.4. The molecule has 1 N–H and O–H groups in total. The standard InChI is InChI=1S/C12H17NO2/c1-9-6-4-5-7-10(9)11(14)8-12(15)13(2)3/h4-7,11,14H,8H2,1-3H3. The Hall–Kier alpha value is -1.35. The average Bonchev–Trinajstić information content (AvgIpc) is 2.18. The lowest BCUT2D eigenvalue weighted by Crippen LogP contribution is -2.23. The maximum Gasteiger partial charge on any atom is 0.225 e. The zero-order valence-corrected chi connectivity index (χ0v) is 9.40. The minimum absolute atomic E-state index is 0.0641. The van der Waals surface area contributed by atoms with Crippen molar-refractivity contribution in [2.45, 2.75) is 19.4 Å². The van der Waals surface area contributed by atoms with Gasteiger partial charge >= 0.3 is 0 Å². The number of nitrogens with zero attached hydrogens (tertiary/aromatic N) is 1. The summed E-state index contributed by atoms with van der Waals surface area (Å²) in [5.74, 6) is -0.0641. The van der Waals surface area contributed by atoms with Crippen LogP contribution in [0.15, 0.2) is 24.3 Å². The molecule has 15 heavy (non-hydrogen) atoms. The van der Waals surface area contributed by atoms with Gasteiger partial charge in [0, 0.05) is 14.1 Å². The van der Waals surface area contributed by atoms with E-state index in [1.165, 1.54) is 4.90 Å². The van der Waals surface area contributed by atoms with E-state index < -0.39 is 6.10 Å². The van der Waals surface area contributed by atoms with E-state index in [2.05, 4.69) is 0 Å². The van der Waals surface area contributed by atoms with Crippen molar-refractivity contribution in [3.05, 3.63) is 35.4 Å². The van der Waals surface area contributed by atoms with Crippen LogP contribution in [0.2, 0.25) is 0 Å². The van der Waals surface area contributed by atoms with Crippen molar-refractivity contribution in [3.8, 4) is 0 Å². The summed E-state index contributed by atoms with van der Waals surface area (Å²) < 4.78 is 0. The Kier molecular flexibility index (Phi) is 3.86. The van der Waals surface area contributed by atoms with Crippen molar-refractivity contribution in [1.82, 2.24) is 4.90 Å². The quantitative estimate of drug-likeness (QED) is 0.816. The van der Waals surface area contributed by atoms with Crippen LogP contribution in [0.5, 0.6) is 0 Å². The summed E-state index contributed by atoms with van der Waals surface area (Å²) in [5, 5.41) is 9.87. The molecule has 0 aliphatic heterocycles. The second kappa shape index (κ2) is 4.94. The van der Waals surface area contributed by atoms with Crippen LogP contribution < -0.4 is 0 Å². The van der Waals surface area contributed by atoms with Crippen LogP contribution in [0, 0.1) is 6.92 Å². The van der Waals surface area contributed by atoms with Crippen LogP contribution in [-0.4, -0.2) is 30.0 Å². The largest absolute Gasteiger partial charge is 0.388 e. The molecule has 0 saturated heterocycles. The van der Waals surface area contributed by atoms with E-state index in [1.54, 1.807) is 14.1 Å². The fraction of sp³-hybridized carbons (Fsp3) is 0.417. The normalized spacial score (nSPS) is 12.3. The maximum atomic E-state index is 11.4. The lowest BCUT2D eigenvalue weighted by Gasteiger charge is -2.16. The van der Waals surface area contributed by atoms with E-state index in [0.29, 0.717) is 0 Å². The predicted molar refractivity (Wildman–Crippen MR) is 59.4 cm³/mol. The molecule has 3 nitrogen and oxygen atoms in total. The van der Waals surface area contributed by atoms with E-state index in [9.17, 15) is 9.90 Å². The van der Waals surface area contributed by atoms with Crippen molar-refractivity contribution >= 4 is 5.91 Å². The number of hydrogen-bond acceptors (Lipinski definition) is 2. The van der Waals surface area contributed by atoms with E-state index in [0.717, 1.165) is 11.1 Å². The van der Waals surface area contributed by atoms with Gasteiger partial charge in [0.2, 0.25) is 5.91 Å². The molecule has 3 heteroatoms. The highest BCUT2D eigenvalue weighted by Crippen LogP contribution is 2.20. The summed E-state index contributed by atoms with van der Waals surface area (Å²) in [6.45, 7) is 1.93. The van der Waals surface area contributed by atoms with Crippen molar-refractivity contribution < 1.29 is 9.90 Å². The van der Waals surface area contributed by atoms with E-state index in [1.807, 2.05) is 31.2 Å². The monoisotopic (exact) mass is 207 g/mol. The maximum absolute atomic E-state index is 11.4. The first-order chi connectivity index (χ1) is 7.02. The lowest BCUT2D eigenvalue weighted by molar-refractivity contribution is -0.130. The minimum atomic E-state index is -0.707. The second-order valence-corrected chi connectivity index (χ2v) is 3.86. The fourth-order valence-electron chi connectivity index (χ4n) is 1.42. The molecule has 1 atom stereocenters. The van der Waals surface area contributed by atoms with Crippen molar-refractivity contribution in [1.29, 1.82) is 0 Å². The molecule has 0 heterocycles. The van der Waals surface area contributed by atoms with E-state index >= 15 is 0 Å². The molecule has 0 aromatic heterocycles. The van der Waals surface area contributed by atoms with Crippen molar-refractivity contribution in [2.24, 2.45) is 0 Å². The Bertz CT molecular complexity index is 347. The molecule has 0 aliphatic carbocycles. The number of aliphatic hydroxyl groups is 1. The third kappa shape index (κ3) is 3.06. The van der Waals surface area contributed by atoms with E-state index in [-0.39, 0.29) is 12.3 Å². The molecule has 1 rings (SSSR count). The Morgan fingerprint density at radius 2 is 2.00 bits per heavy atom. The Morgan fingerprint density at radius 3 is 2.53 bits per heavy atom. The van der Waals surface area contributed by atoms with Crippen LogP contribution in [0.3, 0.4) is 0 Å². The van der Waals surface area contributed by atoms with Crippen LogP contribution in [0.1, 0.15) is 23.7 Å². The first kappa shape index (κ1) is 11.7. The average molecular weight is 207 g/mol. The van der Waals surface area contributed by atoms with Gasteiger partial charge in [-0.2, -0.15) is 0 Å². The first-order valence-corrected chi connectivity index (χ1v) is 4.96. The van der Waals surface area contributed by atoms with Gasteiger partial charge in [0.25, 0.3) is 0 Å². The minimum Gasteiger partial charge on any atom is -0.388 e. The van der Waals surface area contributed by atoms with Gasteiger partial charge < -0.3 is 10.0 Å². The number of aliphatic hydroxyl groups excluding tert-OH is 1. The molecule has 0 spiro atoms. The zero-order valence-electron chi connectivity index (χ0n) is 9.40. The molecule has 0 aliphatic rings.